The summed E-state index contributed by atoms with van der Waals surface area (Å²) in [6.45, 7) is 0.852. The van der Waals surface area contributed by atoms with Gasteiger partial charge >= 0.3 is 5.97 Å². The predicted molar refractivity (Wildman–Crippen MR) is 54.1 cm³/mol. The third kappa shape index (κ3) is 9.21. The third-order valence-electron chi connectivity index (χ3n) is 1.22. The van der Waals surface area contributed by atoms with E-state index in [4.69, 9.17) is 9.84 Å². The molecule has 80 valence electrons. The van der Waals surface area contributed by atoms with Crippen LogP contribution in [0.25, 0.3) is 0 Å². The standard InChI is InChI=1S/C8H12BrNO4/c9-3-1-7(11)10-4-6-14-5-2-8(12)13/h1,3H,2,4-6H2,(H,10,11)(H,12,13). The largest absolute Gasteiger partial charge is 0.481 e. The lowest BCUT2D eigenvalue weighted by Gasteiger charge is -2.02. The number of hydrogen-bond donors (Lipinski definition) is 2. The SMILES string of the molecule is O=C(O)CCOCCNC(=O)C=CBr. The molecule has 0 radical (unpaired) electrons. The fourth-order valence-electron chi connectivity index (χ4n) is 0.624. The molecule has 5 nitrogen and oxygen atoms in total. The Labute approximate surface area is 90.3 Å². The molecule has 0 spiro atoms. The number of carboxylic acid groups (broad SMARTS) is 1. The van der Waals surface area contributed by atoms with Crippen LogP contribution in [0.5, 0.6) is 0 Å². The second-order valence-electron chi connectivity index (χ2n) is 2.34. The first-order valence-corrected chi connectivity index (χ1v) is 4.92. The van der Waals surface area contributed by atoms with Crippen LogP contribution in [-0.4, -0.2) is 36.7 Å². The number of rotatable bonds is 7. The first-order valence-electron chi connectivity index (χ1n) is 4.01. The summed E-state index contributed by atoms with van der Waals surface area (Å²) >= 11 is 2.96. The normalized spacial score (nSPS) is 10.4. The van der Waals surface area contributed by atoms with Crippen molar-refractivity contribution < 1.29 is 19.4 Å². The van der Waals surface area contributed by atoms with Gasteiger partial charge in [-0.3, -0.25) is 9.59 Å². The maximum absolute atomic E-state index is 10.8. The first kappa shape index (κ1) is 13.1. The Morgan fingerprint density at radius 1 is 1.43 bits per heavy atom. The van der Waals surface area contributed by atoms with Crippen molar-refractivity contribution in [3.05, 3.63) is 11.1 Å². The first-order chi connectivity index (χ1) is 6.66. The minimum Gasteiger partial charge on any atom is -0.481 e. The van der Waals surface area contributed by atoms with E-state index in [1.807, 2.05) is 0 Å². The molecule has 14 heavy (non-hydrogen) atoms. The highest BCUT2D eigenvalue weighted by Crippen LogP contribution is 1.83. The number of carboxylic acids is 1. The van der Waals surface area contributed by atoms with Crippen LogP contribution in [0.15, 0.2) is 11.1 Å². The number of carbonyl (C=O) groups is 2. The van der Waals surface area contributed by atoms with E-state index >= 15 is 0 Å². The van der Waals surface area contributed by atoms with E-state index in [0.29, 0.717) is 13.2 Å². The monoisotopic (exact) mass is 265 g/mol. The maximum Gasteiger partial charge on any atom is 0.305 e. The average molecular weight is 266 g/mol. The highest BCUT2D eigenvalue weighted by molar-refractivity contribution is 9.11. The van der Waals surface area contributed by atoms with E-state index in [1.165, 1.54) is 11.1 Å². The lowest BCUT2D eigenvalue weighted by molar-refractivity contribution is -0.138. The summed E-state index contributed by atoms with van der Waals surface area (Å²) in [4.78, 5) is 22.3. The topological polar surface area (TPSA) is 75.6 Å². The van der Waals surface area contributed by atoms with Crippen LogP contribution in [-0.2, 0) is 14.3 Å². The lowest BCUT2D eigenvalue weighted by Crippen LogP contribution is -2.25. The van der Waals surface area contributed by atoms with Gasteiger partial charge in [-0.2, -0.15) is 0 Å². The number of amides is 1. The summed E-state index contributed by atoms with van der Waals surface area (Å²) in [6.07, 6.45) is 1.31. The van der Waals surface area contributed by atoms with Crippen molar-refractivity contribution in [3.8, 4) is 0 Å². The van der Waals surface area contributed by atoms with E-state index < -0.39 is 5.97 Å². The van der Waals surface area contributed by atoms with Crippen molar-refractivity contribution in [1.29, 1.82) is 0 Å². The summed E-state index contributed by atoms with van der Waals surface area (Å²) in [7, 11) is 0. The Balaban J connectivity index is 3.21. The van der Waals surface area contributed by atoms with E-state index in [-0.39, 0.29) is 18.9 Å². The van der Waals surface area contributed by atoms with Crippen LogP contribution in [0.2, 0.25) is 0 Å². The fourth-order valence-corrected chi connectivity index (χ4v) is 0.864. The molecular formula is C8H12BrNO4. The van der Waals surface area contributed by atoms with Gasteiger partial charge in [0.1, 0.15) is 0 Å². The summed E-state index contributed by atoms with van der Waals surface area (Å²) in [5.74, 6) is -1.11. The van der Waals surface area contributed by atoms with Gasteiger partial charge in [0.25, 0.3) is 0 Å². The van der Waals surface area contributed by atoms with Crippen molar-refractivity contribution in [2.75, 3.05) is 19.8 Å². The molecule has 0 rings (SSSR count). The third-order valence-corrected chi connectivity index (χ3v) is 1.48. The van der Waals surface area contributed by atoms with Crippen LogP contribution in [0.4, 0.5) is 0 Å². The van der Waals surface area contributed by atoms with E-state index in [1.54, 1.807) is 0 Å². The summed E-state index contributed by atoms with van der Waals surface area (Å²) in [6, 6.07) is 0. The number of nitrogens with one attached hydrogen (secondary N) is 1. The molecular weight excluding hydrogens is 254 g/mol. The summed E-state index contributed by atoms with van der Waals surface area (Å²) in [5.41, 5.74) is 0. The molecule has 0 aromatic rings. The molecule has 0 fully saturated rings. The van der Waals surface area contributed by atoms with Crippen molar-refractivity contribution in [2.24, 2.45) is 0 Å². The fraction of sp³-hybridized carbons (Fsp3) is 0.500. The maximum atomic E-state index is 10.8. The highest BCUT2D eigenvalue weighted by Gasteiger charge is 1.96. The molecule has 0 aromatic carbocycles. The zero-order valence-corrected chi connectivity index (χ0v) is 9.12. The Morgan fingerprint density at radius 2 is 2.14 bits per heavy atom. The Hall–Kier alpha value is -0.880. The minimum atomic E-state index is -0.892. The highest BCUT2D eigenvalue weighted by atomic mass is 79.9. The number of hydrogen-bond acceptors (Lipinski definition) is 3. The van der Waals surface area contributed by atoms with Gasteiger partial charge < -0.3 is 15.2 Å². The van der Waals surface area contributed by atoms with Gasteiger partial charge in [0.05, 0.1) is 19.6 Å². The van der Waals surface area contributed by atoms with E-state index in [9.17, 15) is 9.59 Å². The molecule has 0 bridgehead atoms. The average Bonchev–Trinajstić information content (AvgIpc) is 2.11. The van der Waals surface area contributed by atoms with Crippen LogP contribution < -0.4 is 5.32 Å². The van der Waals surface area contributed by atoms with Gasteiger partial charge in [-0.15, -0.1) is 0 Å². The molecule has 0 aliphatic heterocycles. The molecule has 0 heterocycles. The molecule has 0 saturated carbocycles. The molecule has 0 unspecified atom stereocenters. The van der Waals surface area contributed by atoms with E-state index in [0.717, 1.165) is 0 Å². The van der Waals surface area contributed by atoms with Gasteiger partial charge in [0.15, 0.2) is 0 Å². The molecule has 0 saturated heterocycles. The van der Waals surface area contributed by atoms with Crippen molar-refractivity contribution in [1.82, 2.24) is 5.32 Å². The van der Waals surface area contributed by atoms with Crippen molar-refractivity contribution in [2.45, 2.75) is 6.42 Å². The van der Waals surface area contributed by atoms with Crippen LogP contribution in [0.1, 0.15) is 6.42 Å². The zero-order valence-electron chi connectivity index (χ0n) is 7.53. The smallest absolute Gasteiger partial charge is 0.305 e. The quantitative estimate of drug-likeness (QED) is 0.519. The zero-order chi connectivity index (χ0) is 10.8. The summed E-state index contributed by atoms with van der Waals surface area (Å²) in [5, 5.41) is 10.8. The molecule has 0 aliphatic carbocycles. The van der Waals surface area contributed by atoms with Crippen LogP contribution in [0.3, 0.4) is 0 Å². The van der Waals surface area contributed by atoms with Gasteiger partial charge in [0.2, 0.25) is 5.91 Å². The molecule has 6 heteroatoms. The number of aliphatic carboxylic acids is 1. The van der Waals surface area contributed by atoms with Crippen LogP contribution >= 0.6 is 15.9 Å². The number of ether oxygens (including phenoxy) is 1. The van der Waals surface area contributed by atoms with Crippen molar-refractivity contribution in [3.63, 3.8) is 0 Å². The Morgan fingerprint density at radius 3 is 2.71 bits per heavy atom. The second kappa shape index (κ2) is 8.71. The Bertz CT molecular complexity index is 217. The molecule has 0 aliphatic rings. The molecule has 0 atom stereocenters. The van der Waals surface area contributed by atoms with Gasteiger partial charge in [-0.25, -0.2) is 0 Å². The molecule has 1 amide bonds. The molecule has 2 N–H and O–H groups in total. The van der Waals surface area contributed by atoms with Gasteiger partial charge in [0, 0.05) is 12.6 Å². The Kier molecular flexibility index (Phi) is 8.16. The number of carbonyl (C=O) groups excluding carboxylic acids is 1. The van der Waals surface area contributed by atoms with Gasteiger partial charge in [-0.1, -0.05) is 15.9 Å². The minimum absolute atomic E-state index is 0.0186. The predicted octanol–water partition coefficient (Wildman–Crippen LogP) is 0.503. The summed E-state index contributed by atoms with van der Waals surface area (Å²) < 4.78 is 4.94. The van der Waals surface area contributed by atoms with Crippen LogP contribution in [0, 0.1) is 0 Å². The molecule has 0 aromatic heterocycles. The van der Waals surface area contributed by atoms with Gasteiger partial charge in [-0.05, 0) is 4.99 Å². The lowest BCUT2D eigenvalue weighted by atomic mass is 10.5. The van der Waals surface area contributed by atoms with Crippen molar-refractivity contribution >= 4 is 27.8 Å². The number of halogens is 1. The second-order valence-corrected chi connectivity index (χ2v) is 2.87. The van der Waals surface area contributed by atoms with E-state index in [2.05, 4.69) is 21.2 Å².